The summed E-state index contributed by atoms with van der Waals surface area (Å²) < 4.78 is 11.3. The SMILES string of the molecule is COc1ccc(C2CC2COc2nc(C)ncc2C2CCCC(O)C2)nc1. The van der Waals surface area contributed by atoms with E-state index in [1.165, 1.54) is 0 Å². The van der Waals surface area contributed by atoms with E-state index >= 15 is 0 Å². The number of aryl methyl sites for hydroxylation is 1. The van der Waals surface area contributed by atoms with Crippen LogP contribution in [0.2, 0.25) is 0 Å². The van der Waals surface area contributed by atoms with Gasteiger partial charge in [0.2, 0.25) is 5.88 Å². The van der Waals surface area contributed by atoms with Crippen LogP contribution in [0.4, 0.5) is 0 Å². The maximum absolute atomic E-state index is 10.0. The van der Waals surface area contributed by atoms with E-state index < -0.39 is 0 Å². The van der Waals surface area contributed by atoms with Gasteiger partial charge in [0.25, 0.3) is 0 Å². The fourth-order valence-electron chi connectivity index (χ4n) is 4.01. The Morgan fingerprint density at radius 2 is 2.04 bits per heavy atom. The number of hydrogen-bond donors (Lipinski definition) is 1. The molecule has 0 radical (unpaired) electrons. The molecule has 4 unspecified atom stereocenters. The molecule has 6 heteroatoms. The van der Waals surface area contributed by atoms with Gasteiger partial charge in [-0.1, -0.05) is 6.42 Å². The lowest BCUT2D eigenvalue weighted by atomic mass is 9.83. The Hall–Kier alpha value is -2.21. The molecule has 6 nitrogen and oxygen atoms in total. The standard InChI is InChI=1S/C21H27N3O3/c1-13-22-11-19(14-4-3-5-16(25)8-14)21(24-13)27-12-15-9-18(15)20-7-6-17(26-2)10-23-20/h6-7,10-11,14-16,18,25H,3-5,8-9,12H2,1-2H3. The van der Waals surface area contributed by atoms with E-state index in [0.717, 1.165) is 49.1 Å². The van der Waals surface area contributed by atoms with E-state index in [1.54, 1.807) is 13.3 Å². The third kappa shape index (κ3) is 4.21. The molecule has 2 aliphatic carbocycles. The summed E-state index contributed by atoms with van der Waals surface area (Å²) >= 11 is 0. The van der Waals surface area contributed by atoms with E-state index in [0.29, 0.717) is 30.1 Å². The molecule has 4 atom stereocenters. The molecule has 1 N–H and O–H groups in total. The second-order valence-electron chi connectivity index (χ2n) is 7.73. The van der Waals surface area contributed by atoms with Gasteiger partial charge in [0, 0.05) is 29.3 Å². The molecule has 4 rings (SSSR count). The zero-order chi connectivity index (χ0) is 18.8. The minimum Gasteiger partial charge on any atom is -0.495 e. The lowest BCUT2D eigenvalue weighted by Crippen LogP contribution is -2.19. The molecule has 2 aliphatic rings. The van der Waals surface area contributed by atoms with E-state index in [1.807, 2.05) is 25.3 Å². The quantitative estimate of drug-likeness (QED) is 0.841. The molecule has 0 saturated heterocycles. The van der Waals surface area contributed by atoms with Gasteiger partial charge in [-0.2, -0.15) is 4.98 Å². The molecular weight excluding hydrogens is 342 g/mol. The summed E-state index contributed by atoms with van der Waals surface area (Å²) in [5.41, 5.74) is 2.14. The summed E-state index contributed by atoms with van der Waals surface area (Å²) in [5, 5.41) is 10.0. The number of nitrogens with zero attached hydrogens (tertiary/aromatic N) is 3. The van der Waals surface area contributed by atoms with Crippen molar-refractivity contribution in [1.29, 1.82) is 0 Å². The van der Waals surface area contributed by atoms with Crippen LogP contribution in [0.1, 0.15) is 61.0 Å². The first-order chi connectivity index (χ1) is 13.1. The molecule has 0 aliphatic heterocycles. The van der Waals surface area contributed by atoms with Crippen molar-refractivity contribution < 1.29 is 14.6 Å². The highest BCUT2D eigenvalue weighted by molar-refractivity contribution is 5.29. The fourth-order valence-corrected chi connectivity index (χ4v) is 4.01. The number of methoxy groups -OCH3 is 1. The second kappa shape index (κ2) is 7.80. The van der Waals surface area contributed by atoms with Gasteiger partial charge in [0.1, 0.15) is 11.6 Å². The number of hydrogen-bond acceptors (Lipinski definition) is 6. The summed E-state index contributed by atoms with van der Waals surface area (Å²) in [6, 6.07) is 3.99. The number of ether oxygens (including phenoxy) is 2. The molecule has 2 heterocycles. The van der Waals surface area contributed by atoms with Crippen LogP contribution < -0.4 is 9.47 Å². The second-order valence-corrected chi connectivity index (χ2v) is 7.73. The summed E-state index contributed by atoms with van der Waals surface area (Å²) in [6.45, 7) is 2.52. The van der Waals surface area contributed by atoms with Crippen molar-refractivity contribution in [3.63, 3.8) is 0 Å². The average molecular weight is 369 g/mol. The summed E-state index contributed by atoms with van der Waals surface area (Å²) in [6.07, 6.45) is 8.26. The first kappa shape index (κ1) is 18.2. The normalized spacial score (nSPS) is 27.2. The number of aliphatic hydroxyl groups excluding tert-OH is 1. The zero-order valence-electron chi connectivity index (χ0n) is 16.0. The lowest BCUT2D eigenvalue weighted by Gasteiger charge is -2.26. The number of aromatic nitrogens is 3. The molecule has 0 spiro atoms. The van der Waals surface area contributed by atoms with Crippen LogP contribution in [0.3, 0.4) is 0 Å². The third-order valence-corrected chi connectivity index (χ3v) is 5.72. The smallest absolute Gasteiger partial charge is 0.220 e. The minimum atomic E-state index is -0.230. The summed E-state index contributed by atoms with van der Waals surface area (Å²) in [5.74, 6) is 3.37. The molecule has 2 aromatic rings. The van der Waals surface area contributed by atoms with E-state index in [9.17, 15) is 5.11 Å². The Morgan fingerprint density at radius 1 is 1.15 bits per heavy atom. The van der Waals surface area contributed by atoms with E-state index in [-0.39, 0.29) is 12.0 Å². The molecule has 0 amide bonds. The van der Waals surface area contributed by atoms with Crippen LogP contribution in [0.15, 0.2) is 24.5 Å². The molecule has 144 valence electrons. The predicted molar refractivity (Wildman–Crippen MR) is 101 cm³/mol. The van der Waals surface area contributed by atoms with Gasteiger partial charge in [-0.3, -0.25) is 4.98 Å². The number of pyridine rings is 1. The van der Waals surface area contributed by atoms with Crippen LogP contribution >= 0.6 is 0 Å². The fraction of sp³-hybridized carbons (Fsp3) is 0.571. The van der Waals surface area contributed by atoms with Crippen molar-refractivity contribution in [2.75, 3.05) is 13.7 Å². The first-order valence-corrected chi connectivity index (χ1v) is 9.78. The maximum Gasteiger partial charge on any atom is 0.220 e. The Labute approximate surface area is 160 Å². The van der Waals surface area contributed by atoms with Crippen molar-refractivity contribution in [1.82, 2.24) is 15.0 Å². The third-order valence-electron chi connectivity index (χ3n) is 5.72. The Bertz CT molecular complexity index is 781. The summed E-state index contributed by atoms with van der Waals surface area (Å²) in [4.78, 5) is 13.4. The van der Waals surface area contributed by atoms with Gasteiger partial charge < -0.3 is 14.6 Å². The summed E-state index contributed by atoms with van der Waals surface area (Å²) in [7, 11) is 1.65. The van der Waals surface area contributed by atoms with Crippen molar-refractivity contribution in [3.8, 4) is 11.6 Å². The highest BCUT2D eigenvalue weighted by atomic mass is 16.5. The number of rotatable bonds is 6. The average Bonchev–Trinajstić information content (AvgIpc) is 3.46. The van der Waals surface area contributed by atoms with Crippen LogP contribution in [0.25, 0.3) is 0 Å². The largest absolute Gasteiger partial charge is 0.495 e. The minimum absolute atomic E-state index is 0.230. The molecule has 2 aromatic heterocycles. The maximum atomic E-state index is 10.0. The van der Waals surface area contributed by atoms with Gasteiger partial charge in [-0.05, 0) is 50.7 Å². The van der Waals surface area contributed by atoms with Crippen molar-refractivity contribution in [3.05, 3.63) is 41.6 Å². The topological polar surface area (TPSA) is 77.4 Å². The van der Waals surface area contributed by atoms with E-state index in [2.05, 4.69) is 15.0 Å². The van der Waals surface area contributed by atoms with Gasteiger partial charge in [0.05, 0.1) is 26.0 Å². The zero-order valence-corrected chi connectivity index (χ0v) is 16.0. The van der Waals surface area contributed by atoms with Gasteiger partial charge in [0.15, 0.2) is 0 Å². The van der Waals surface area contributed by atoms with Crippen molar-refractivity contribution in [2.24, 2.45) is 5.92 Å². The number of aliphatic hydroxyl groups is 1. The molecule has 27 heavy (non-hydrogen) atoms. The lowest BCUT2D eigenvalue weighted by molar-refractivity contribution is 0.118. The monoisotopic (exact) mass is 369 g/mol. The highest BCUT2D eigenvalue weighted by Gasteiger charge is 2.40. The van der Waals surface area contributed by atoms with Gasteiger partial charge in [-0.25, -0.2) is 4.98 Å². The molecule has 2 fully saturated rings. The van der Waals surface area contributed by atoms with Crippen LogP contribution in [0.5, 0.6) is 11.6 Å². The van der Waals surface area contributed by atoms with Crippen LogP contribution in [-0.4, -0.2) is 39.9 Å². The van der Waals surface area contributed by atoms with Crippen LogP contribution in [0, 0.1) is 12.8 Å². The molecule has 0 bridgehead atoms. The van der Waals surface area contributed by atoms with Crippen LogP contribution in [-0.2, 0) is 0 Å². The first-order valence-electron chi connectivity index (χ1n) is 9.78. The molecule has 0 aromatic carbocycles. The Balaban J connectivity index is 1.40. The molecule has 2 saturated carbocycles. The highest BCUT2D eigenvalue weighted by Crippen LogP contribution is 2.47. The Kier molecular flexibility index (Phi) is 5.25. The predicted octanol–water partition coefficient (Wildman–Crippen LogP) is 3.39. The van der Waals surface area contributed by atoms with E-state index in [4.69, 9.17) is 9.47 Å². The van der Waals surface area contributed by atoms with Gasteiger partial charge >= 0.3 is 0 Å². The van der Waals surface area contributed by atoms with Crippen molar-refractivity contribution >= 4 is 0 Å². The molecular formula is C21H27N3O3. The Morgan fingerprint density at radius 3 is 2.78 bits per heavy atom. The van der Waals surface area contributed by atoms with Gasteiger partial charge in [-0.15, -0.1) is 0 Å². The van der Waals surface area contributed by atoms with Crippen molar-refractivity contribution in [2.45, 2.75) is 57.0 Å².